The Bertz CT molecular complexity index is 614. The molecule has 0 aromatic heterocycles. The van der Waals surface area contributed by atoms with Crippen LogP contribution in [0.1, 0.15) is 6.92 Å². The number of anilines is 1. The molecule has 1 aromatic carbocycles. The number of aliphatic hydroxyl groups is 1. The van der Waals surface area contributed by atoms with Gasteiger partial charge >= 0.3 is 0 Å². The first kappa shape index (κ1) is 14.9. The molecular formula is C16H19N3O3. The molecule has 1 aliphatic carbocycles. The van der Waals surface area contributed by atoms with E-state index >= 15 is 0 Å². The molecule has 3 unspecified atom stereocenters. The summed E-state index contributed by atoms with van der Waals surface area (Å²) in [5.41, 5.74) is 6.98. The monoisotopic (exact) mass is 301 g/mol. The number of ketones is 2. The summed E-state index contributed by atoms with van der Waals surface area (Å²) in [6.07, 6.45) is 1.41. The topological polar surface area (TPSA) is 81.7 Å². The Morgan fingerprint density at radius 1 is 1.18 bits per heavy atom. The van der Waals surface area contributed by atoms with E-state index in [2.05, 4.69) is 10.9 Å². The number of aliphatic hydroxyl groups excluding tert-OH is 1. The minimum atomic E-state index is -0.549. The van der Waals surface area contributed by atoms with E-state index < -0.39 is 6.04 Å². The molecule has 6 nitrogen and oxygen atoms in total. The van der Waals surface area contributed by atoms with E-state index in [1.807, 2.05) is 37.3 Å². The minimum absolute atomic E-state index is 0.0662. The molecule has 1 aromatic rings. The van der Waals surface area contributed by atoms with E-state index in [9.17, 15) is 14.7 Å². The van der Waals surface area contributed by atoms with Crippen molar-refractivity contribution in [3.8, 4) is 0 Å². The summed E-state index contributed by atoms with van der Waals surface area (Å²) in [4.78, 5) is 26.8. The first-order chi connectivity index (χ1) is 10.6. The highest BCUT2D eigenvalue weighted by molar-refractivity contribution is 6.14. The quantitative estimate of drug-likeness (QED) is 0.726. The summed E-state index contributed by atoms with van der Waals surface area (Å²) in [5, 5.41) is 9.32. The Morgan fingerprint density at radius 3 is 2.59 bits per heavy atom. The van der Waals surface area contributed by atoms with Gasteiger partial charge in [0.2, 0.25) is 0 Å². The van der Waals surface area contributed by atoms with Gasteiger partial charge in [0.25, 0.3) is 0 Å². The van der Waals surface area contributed by atoms with E-state index in [4.69, 9.17) is 0 Å². The largest absolute Gasteiger partial charge is 0.395 e. The standard InChI is InChI=1S/C16H19N3O3/c1-10-14-13(21)9-12(16(22)15(14)18-17-10)19(7-8-20)11-5-3-2-4-6-11/h2-6,9-10,14-15,17-18,20H,7-8H2,1H3. The Morgan fingerprint density at radius 2 is 1.91 bits per heavy atom. The van der Waals surface area contributed by atoms with E-state index in [0.717, 1.165) is 5.69 Å². The van der Waals surface area contributed by atoms with Crippen molar-refractivity contribution in [1.82, 2.24) is 10.9 Å². The highest BCUT2D eigenvalue weighted by Crippen LogP contribution is 2.29. The van der Waals surface area contributed by atoms with Crippen LogP contribution >= 0.6 is 0 Å². The van der Waals surface area contributed by atoms with Gasteiger partial charge in [0.15, 0.2) is 11.6 Å². The van der Waals surface area contributed by atoms with Gasteiger partial charge in [-0.3, -0.25) is 15.0 Å². The normalized spacial score (nSPS) is 27.5. The zero-order chi connectivity index (χ0) is 15.7. The van der Waals surface area contributed by atoms with Crippen LogP contribution in [0.5, 0.6) is 0 Å². The number of benzene rings is 1. The maximum absolute atomic E-state index is 12.7. The molecule has 2 aliphatic rings. The minimum Gasteiger partial charge on any atom is -0.395 e. The van der Waals surface area contributed by atoms with Gasteiger partial charge < -0.3 is 10.0 Å². The van der Waals surface area contributed by atoms with Gasteiger partial charge in [0, 0.05) is 24.4 Å². The Balaban J connectivity index is 1.98. The molecular weight excluding hydrogens is 282 g/mol. The van der Waals surface area contributed by atoms with Gasteiger partial charge in [-0.05, 0) is 19.1 Å². The van der Waals surface area contributed by atoms with Crippen LogP contribution < -0.4 is 15.8 Å². The molecule has 3 N–H and O–H groups in total. The number of nitrogens with zero attached hydrogens (tertiary/aromatic N) is 1. The van der Waals surface area contributed by atoms with Crippen molar-refractivity contribution >= 4 is 17.3 Å². The molecule has 0 amide bonds. The number of Topliss-reactive ketones (excluding diaryl/α,β-unsaturated/α-hetero) is 1. The summed E-state index contributed by atoms with van der Waals surface area (Å²) < 4.78 is 0. The molecule has 1 fully saturated rings. The predicted molar refractivity (Wildman–Crippen MR) is 82.0 cm³/mol. The lowest BCUT2D eigenvalue weighted by atomic mass is 9.82. The molecule has 0 radical (unpaired) electrons. The number of carbonyl (C=O) groups excluding carboxylic acids is 2. The second-order valence-electron chi connectivity index (χ2n) is 5.59. The zero-order valence-corrected chi connectivity index (χ0v) is 12.3. The first-order valence-electron chi connectivity index (χ1n) is 7.37. The fraction of sp³-hybridized carbons (Fsp3) is 0.375. The lowest BCUT2D eigenvalue weighted by molar-refractivity contribution is -0.126. The number of hydrazine groups is 1. The fourth-order valence-corrected chi connectivity index (χ4v) is 3.10. The van der Waals surface area contributed by atoms with Crippen molar-refractivity contribution in [3.63, 3.8) is 0 Å². The van der Waals surface area contributed by atoms with Crippen LogP contribution in [0, 0.1) is 5.92 Å². The molecule has 6 heteroatoms. The average Bonchev–Trinajstić information content (AvgIpc) is 2.92. The smallest absolute Gasteiger partial charge is 0.198 e. The maximum atomic E-state index is 12.7. The molecule has 0 bridgehead atoms. The molecule has 1 saturated heterocycles. The van der Waals surface area contributed by atoms with Crippen molar-refractivity contribution < 1.29 is 14.7 Å². The number of nitrogens with one attached hydrogen (secondary N) is 2. The third-order valence-electron chi connectivity index (χ3n) is 4.19. The number of carbonyl (C=O) groups is 2. The van der Waals surface area contributed by atoms with Crippen LogP contribution in [0.4, 0.5) is 5.69 Å². The Kier molecular flexibility index (Phi) is 4.06. The molecule has 1 aliphatic heterocycles. The predicted octanol–water partition coefficient (Wildman–Crippen LogP) is 0.00210. The maximum Gasteiger partial charge on any atom is 0.198 e. The lowest BCUT2D eigenvalue weighted by Gasteiger charge is -2.31. The summed E-state index contributed by atoms with van der Waals surface area (Å²) >= 11 is 0. The number of rotatable bonds is 4. The van der Waals surface area contributed by atoms with Gasteiger partial charge in [-0.2, -0.15) is 0 Å². The first-order valence-corrected chi connectivity index (χ1v) is 7.37. The van der Waals surface area contributed by atoms with E-state index in [0.29, 0.717) is 5.70 Å². The average molecular weight is 301 g/mol. The zero-order valence-electron chi connectivity index (χ0n) is 12.3. The summed E-state index contributed by atoms with van der Waals surface area (Å²) in [6, 6.07) is 8.66. The summed E-state index contributed by atoms with van der Waals surface area (Å²) in [7, 11) is 0. The Hall–Kier alpha value is -2.02. The lowest BCUT2D eigenvalue weighted by Crippen LogP contribution is -2.48. The molecule has 0 spiro atoms. The number of hydrogen-bond acceptors (Lipinski definition) is 6. The van der Waals surface area contributed by atoms with Gasteiger partial charge in [0.05, 0.1) is 24.3 Å². The van der Waals surface area contributed by atoms with Gasteiger partial charge in [0.1, 0.15) is 0 Å². The summed E-state index contributed by atoms with van der Waals surface area (Å²) in [5.74, 6) is -0.565. The number of hydrogen-bond donors (Lipinski definition) is 3. The summed E-state index contributed by atoms with van der Waals surface area (Å²) in [6.45, 7) is 2.03. The van der Waals surface area contributed by atoms with Crippen molar-refractivity contribution in [3.05, 3.63) is 42.1 Å². The van der Waals surface area contributed by atoms with Crippen molar-refractivity contribution in [2.45, 2.75) is 19.0 Å². The van der Waals surface area contributed by atoms with Gasteiger partial charge in [-0.25, -0.2) is 5.43 Å². The molecule has 1 heterocycles. The van der Waals surface area contributed by atoms with Crippen LogP contribution in [0.3, 0.4) is 0 Å². The number of fused-ring (bicyclic) bond motifs is 1. The highest BCUT2D eigenvalue weighted by Gasteiger charge is 2.46. The second kappa shape index (κ2) is 6.00. The van der Waals surface area contributed by atoms with E-state index in [-0.39, 0.29) is 36.7 Å². The van der Waals surface area contributed by atoms with Crippen molar-refractivity contribution in [2.24, 2.45) is 5.92 Å². The third-order valence-corrected chi connectivity index (χ3v) is 4.19. The van der Waals surface area contributed by atoms with Gasteiger partial charge in [-0.15, -0.1) is 0 Å². The fourth-order valence-electron chi connectivity index (χ4n) is 3.10. The molecule has 0 saturated carbocycles. The van der Waals surface area contributed by atoms with Crippen molar-refractivity contribution in [1.29, 1.82) is 0 Å². The highest BCUT2D eigenvalue weighted by atomic mass is 16.3. The van der Waals surface area contributed by atoms with Gasteiger partial charge in [-0.1, -0.05) is 18.2 Å². The molecule has 22 heavy (non-hydrogen) atoms. The number of para-hydroxylation sites is 1. The molecule has 3 atom stereocenters. The van der Waals surface area contributed by atoms with Crippen molar-refractivity contribution in [2.75, 3.05) is 18.1 Å². The van der Waals surface area contributed by atoms with Crippen LogP contribution in [-0.2, 0) is 9.59 Å². The van der Waals surface area contributed by atoms with Crippen LogP contribution in [0.2, 0.25) is 0 Å². The Labute approximate surface area is 128 Å². The van der Waals surface area contributed by atoms with E-state index in [1.165, 1.54) is 6.08 Å². The van der Waals surface area contributed by atoms with Crippen LogP contribution in [-0.4, -0.2) is 41.9 Å². The van der Waals surface area contributed by atoms with Crippen LogP contribution in [0.25, 0.3) is 0 Å². The number of allylic oxidation sites excluding steroid dienone is 1. The third kappa shape index (κ3) is 2.45. The van der Waals surface area contributed by atoms with E-state index in [1.54, 1.807) is 4.90 Å². The molecule has 116 valence electrons. The van der Waals surface area contributed by atoms with Crippen LogP contribution in [0.15, 0.2) is 42.1 Å². The second-order valence-corrected chi connectivity index (χ2v) is 5.59. The molecule has 3 rings (SSSR count). The SMILES string of the molecule is CC1NNC2C(=O)C(N(CCO)c3ccccc3)=CC(=O)C12.